The molecule has 2 aromatic carbocycles. The molecule has 0 saturated heterocycles. The summed E-state index contributed by atoms with van der Waals surface area (Å²) in [6, 6.07) is 16.4. The van der Waals surface area contributed by atoms with Crippen molar-refractivity contribution < 1.29 is 0 Å². The van der Waals surface area contributed by atoms with Crippen molar-refractivity contribution in [3.63, 3.8) is 0 Å². The van der Waals surface area contributed by atoms with Gasteiger partial charge in [0, 0.05) is 13.1 Å². The van der Waals surface area contributed by atoms with Crippen LogP contribution in [-0.2, 0) is 6.54 Å². The van der Waals surface area contributed by atoms with Crippen LogP contribution in [0.4, 0.5) is 0 Å². The van der Waals surface area contributed by atoms with Gasteiger partial charge in [0.2, 0.25) is 0 Å². The molecule has 26 heavy (non-hydrogen) atoms. The molecule has 0 amide bonds. The van der Waals surface area contributed by atoms with Gasteiger partial charge < -0.3 is 4.90 Å². The Morgan fingerprint density at radius 2 is 1.50 bits per heavy atom. The van der Waals surface area contributed by atoms with E-state index in [2.05, 4.69) is 18.7 Å². The lowest BCUT2D eigenvalue weighted by Crippen LogP contribution is -2.40. The molecule has 0 N–H and O–H groups in total. The molecule has 1 heterocycles. The van der Waals surface area contributed by atoms with Crippen LogP contribution in [0.3, 0.4) is 0 Å². The molecule has 0 saturated carbocycles. The first-order valence-electron chi connectivity index (χ1n) is 8.69. The molecule has 6 heteroatoms. The largest absolute Gasteiger partial charge is 0.336 e. The van der Waals surface area contributed by atoms with E-state index >= 15 is 0 Å². The minimum atomic E-state index is -0.290. The van der Waals surface area contributed by atoms with Crippen molar-refractivity contribution in [3.05, 3.63) is 75.4 Å². The summed E-state index contributed by atoms with van der Waals surface area (Å²) in [6.07, 6.45) is 0. The van der Waals surface area contributed by atoms with Gasteiger partial charge in [-0.05, 0) is 37.4 Å². The van der Waals surface area contributed by atoms with Gasteiger partial charge in [0.1, 0.15) is 0 Å². The molecular weight excluding hydrogens is 350 g/mol. The highest BCUT2D eigenvalue weighted by atomic mass is 35.5. The van der Waals surface area contributed by atoms with Crippen molar-refractivity contribution >= 4 is 23.3 Å². The summed E-state index contributed by atoms with van der Waals surface area (Å²) in [5, 5.41) is 0.561. The van der Waals surface area contributed by atoms with E-state index in [-0.39, 0.29) is 23.7 Å². The fraction of sp³-hybridized carbons (Fsp3) is 0.300. The van der Waals surface area contributed by atoms with E-state index in [1.165, 1.54) is 4.57 Å². The predicted molar refractivity (Wildman–Crippen MR) is 109 cm³/mol. The molecule has 0 bridgehead atoms. The molecule has 0 radical (unpaired) electrons. The summed E-state index contributed by atoms with van der Waals surface area (Å²) in [5.41, 5.74) is 0.727. The molecule has 5 nitrogen and oxygen atoms in total. The van der Waals surface area contributed by atoms with Gasteiger partial charge in [-0.25, -0.2) is 9.36 Å². The maximum Gasteiger partial charge on any atom is 0.336 e. The average molecular weight is 374 g/mol. The molecule has 138 valence electrons. The van der Waals surface area contributed by atoms with Gasteiger partial charge in [-0.2, -0.15) is 0 Å². The quantitative estimate of drug-likeness (QED) is 0.667. The molecule has 0 aliphatic heterocycles. The molecule has 3 aromatic rings. The fourth-order valence-electron chi connectivity index (χ4n) is 3.12. The van der Waals surface area contributed by atoms with Gasteiger partial charge in [0.05, 0.1) is 16.6 Å². The van der Waals surface area contributed by atoms with Gasteiger partial charge in [-0.15, -0.1) is 12.4 Å². The first kappa shape index (κ1) is 19.9. The van der Waals surface area contributed by atoms with Gasteiger partial charge >= 0.3 is 5.69 Å². The van der Waals surface area contributed by atoms with Crippen LogP contribution in [0, 0.1) is 0 Å². The average Bonchev–Trinajstić information content (AvgIpc) is 2.66. The van der Waals surface area contributed by atoms with Crippen molar-refractivity contribution in [1.82, 2.24) is 14.0 Å². The third-order valence-corrected chi connectivity index (χ3v) is 4.60. The smallest absolute Gasteiger partial charge is 0.302 e. The number of fused-ring (bicyclic) bond motifs is 1. The van der Waals surface area contributed by atoms with Crippen molar-refractivity contribution in [3.8, 4) is 5.69 Å². The molecule has 0 fully saturated rings. The van der Waals surface area contributed by atoms with Gasteiger partial charge in [-0.1, -0.05) is 44.2 Å². The topological polar surface area (TPSA) is 47.2 Å². The van der Waals surface area contributed by atoms with E-state index in [1.807, 2.05) is 36.4 Å². The zero-order valence-electron chi connectivity index (χ0n) is 15.1. The van der Waals surface area contributed by atoms with Crippen molar-refractivity contribution in [2.24, 2.45) is 0 Å². The van der Waals surface area contributed by atoms with E-state index in [0.29, 0.717) is 23.1 Å². The molecular formula is C20H24ClN3O2. The normalized spacial score (nSPS) is 10.9. The highest BCUT2D eigenvalue weighted by molar-refractivity contribution is 5.85. The first-order chi connectivity index (χ1) is 12.2. The molecule has 0 atom stereocenters. The van der Waals surface area contributed by atoms with Crippen LogP contribution in [0.5, 0.6) is 0 Å². The third-order valence-electron chi connectivity index (χ3n) is 4.60. The van der Waals surface area contributed by atoms with Crippen LogP contribution >= 0.6 is 12.4 Å². The van der Waals surface area contributed by atoms with Crippen LogP contribution < -0.4 is 11.2 Å². The number of nitrogens with zero attached hydrogens (tertiary/aromatic N) is 3. The van der Waals surface area contributed by atoms with Crippen LogP contribution in [0.1, 0.15) is 13.8 Å². The highest BCUT2D eigenvalue weighted by Crippen LogP contribution is 2.10. The Kier molecular flexibility index (Phi) is 6.77. The van der Waals surface area contributed by atoms with Crippen LogP contribution in [0.25, 0.3) is 16.6 Å². The minimum Gasteiger partial charge on any atom is -0.302 e. The van der Waals surface area contributed by atoms with Gasteiger partial charge in [0.25, 0.3) is 5.56 Å². The Labute approximate surface area is 158 Å². The third kappa shape index (κ3) is 3.74. The molecule has 1 aromatic heterocycles. The summed E-state index contributed by atoms with van der Waals surface area (Å²) in [7, 11) is 0. The highest BCUT2D eigenvalue weighted by Gasteiger charge is 2.14. The number of hydrogen-bond donors (Lipinski definition) is 0. The summed E-state index contributed by atoms with van der Waals surface area (Å²) in [5.74, 6) is 0. The molecule has 0 aliphatic rings. The minimum absolute atomic E-state index is 0. The van der Waals surface area contributed by atoms with Crippen LogP contribution in [-0.4, -0.2) is 33.7 Å². The molecule has 0 spiro atoms. The summed E-state index contributed by atoms with van der Waals surface area (Å²) < 4.78 is 2.98. The van der Waals surface area contributed by atoms with E-state index in [4.69, 9.17) is 0 Å². The second-order valence-corrected chi connectivity index (χ2v) is 5.95. The lowest BCUT2D eigenvalue weighted by Gasteiger charge is -2.20. The lowest BCUT2D eigenvalue weighted by atomic mass is 10.2. The fourth-order valence-corrected chi connectivity index (χ4v) is 3.12. The Bertz CT molecular complexity index is 976. The summed E-state index contributed by atoms with van der Waals surface area (Å²) in [6.45, 7) is 7.39. The number of likely N-dealkylation sites (N-methyl/N-ethyl adjacent to an activating group) is 1. The number of halogens is 1. The van der Waals surface area contributed by atoms with E-state index in [9.17, 15) is 9.59 Å². The maximum atomic E-state index is 13.1. The van der Waals surface area contributed by atoms with Gasteiger partial charge in [-0.3, -0.25) is 9.36 Å². The maximum absolute atomic E-state index is 13.1. The van der Waals surface area contributed by atoms with Crippen molar-refractivity contribution in [2.75, 3.05) is 19.6 Å². The Morgan fingerprint density at radius 1 is 0.885 bits per heavy atom. The molecule has 0 aliphatic carbocycles. The number of aromatic nitrogens is 2. The second-order valence-electron chi connectivity index (χ2n) is 5.95. The second kappa shape index (κ2) is 8.83. The number of rotatable bonds is 6. The van der Waals surface area contributed by atoms with Crippen LogP contribution in [0.15, 0.2) is 64.2 Å². The number of benzene rings is 2. The number of hydrogen-bond acceptors (Lipinski definition) is 3. The summed E-state index contributed by atoms with van der Waals surface area (Å²) in [4.78, 5) is 28.3. The SMILES string of the molecule is CCN(CC)CCn1c(=O)n(-c2ccccc2)c(=O)c2ccccc21.Cl. The van der Waals surface area contributed by atoms with E-state index in [0.717, 1.165) is 19.6 Å². The van der Waals surface area contributed by atoms with E-state index in [1.54, 1.807) is 22.8 Å². The Balaban J connectivity index is 0.00000243. The van der Waals surface area contributed by atoms with Gasteiger partial charge in [0.15, 0.2) is 0 Å². The lowest BCUT2D eigenvalue weighted by molar-refractivity contribution is 0.289. The van der Waals surface area contributed by atoms with E-state index < -0.39 is 0 Å². The molecule has 0 unspecified atom stereocenters. The zero-order valence-corrected chi connectivity index (χ0v) is 15.9. The number of para-hydroxylation sites is 2. The zero-order chi connectivity index (χ0) is 17.8. The summed E-state index contributed by atoms with van der Waals surface area (Å²) >= 11 is 0. The van der Waals surface area contributed by atoms with Crippen LogP contribution in [0.2, 0.25) is 0 Å². The Morgan fingerprint density at radius 3 is 2.15 bits per heavy atom. The Hall–Kier alpha value is -2.37. The monoisotopic (exact) mass is 373 g/mol. The standard InChI is InChI=1S/C20H23N3O2.ClH/c1-3-21(4-2)14-15-22-18-13-9-8-12-17(18)19(24)23(20(22)25)16-10-6-5-7-11-16;/h5-13H,3-4,14-15H2,1-2H3;1H. The van der Waals surface area contributed by atoms with Crippen molar-refractivity contribution in [1.29, 1.82) is 0 Å². The first-order valence-corrected chi connectivity index (χ1v) is 8.69. The van der Waals surface area contributed by atoms with Crippen molar-refractivity contribution in [2.45, 2.75) is 20.4 Å². The predicted octanol–water partition coefficient (Wildman–Crippen LogP) is 2.92. The molecule has 3 rings (SSSR count).